The smallest absolute Gasteiger partial charge is 0.310 e. The van der Waals surface area contributed by atoms with Gasteiger partial charge in [-0.3, -0.25) is 4.79 Å². The van der Waals surface area contributed by atoms with E-state index in [1.54, 1.807) is 0 Å². The van der Waals surface area contributed by atoms with Crippen molar-refractivity contribution in [1.29, 1.82) is 0 Å². The van der Waals surface area contributed by atoms with Crippen molar-refractivity contribution < 1.29 is 25.2 Å². The Kier molecular flexibility index (Phi) is 7.39. The molecule has 0 bridgehead atoms. The SMILES string of the molecule is CC(CCC(CCO)C(C)(C)O)C1CCC2(C(=O)O)C1CCC13CC14CCC(CCO)C(C)(C)C4CCC23. The highest BCUT2D eigenvalue weighted by Gasteiger charge is 2.82. The molecule has 0 aromatic carbocycles. The third-order valence-corrected chi connectivity index (χ3v) is 14.1. The lowest BCUT2D eigenvalue weighted by atomic mass is 9.43. The van der Waals surface area contributed by atoms with Crippen molar-refractivity contribution in [2.45, 2.75) is 124 Å². The van der Waals surface area contributed by atoms with E-state index in [4.69, 9.17) is 0 Å². The van der Waals surface area contributed by atoms with E-state index in [-0.39, 0.29) is 35.9 Å². The van der Waals surface area contributed by atoms with E-state index in [0.717, 1.165) is 51.4 Å². The zero-order valence-corrected chi connectivity index (χ0v) is 24.8. The fraction of sp³-hybridized carbons (Fsp3) is 0.970. The van der Waals surface area contributed by atoms with Crippen LogP contribution in [0.2, 0.25) is 0 Å². The van der Waals surface area contributed by atoms with Crippen LogP contribution in [-0.2, 0) is 4.79 Å². The molecule has 5 aliphatic carbocycles. The molecule has 0 radical (unpaired) electrons. The Bertz CT molecular complexity index is 892. The summed E-state index contributed by atoms with van der Waals surface area (Å²) in [6, 6.07) is 0. The van der Waals surface area contributed by atoms with Crippen molar-refractivity contribution in [2.75, 3.05) is 13.2 Å². The Labute approximate surface area is 231 Å². The summed E-state index contributed by atoms with van der Waals surface area (Å²) in [6.07, 6.45) is 13.5. The van der Waals surface area contributed by atoms with E-state index in [2.05, 4.69) is 20.8 Å². The fourth-order valence-corrected chi connectivity index (χ4v) is 12.2. The highest BCUT2D eigenvalue weighted by atomic mass is 16.4. The molecule has 0 heterocycles. The van der Waals surface area contributed by atoms with Crippen LogP contribution >= 0.6 is 0 Å². The molecule has 0 saturated heterocycles. The van der Waals surface area contributed by atoms with E-state index in [1.807, 2.05) is 13.8 Å². The monoisotopic (exact) mass is 532 g/mol. The lowest BCUT2D eigenvalue weighted by Crippen LogP contribution is -2.57. The molecular weight excluding hydrogens is 476 g/mol. The van der Waals surface area contributed by atoms with Crippen LogP contribution in [0.25, 0.3) is 0 Å². The first-order valence-corrected chi connectivity index (χ1v) is 16.0. The van der Waals surface area contributed by atoms with E-state index >= 15 is 0 Å². The van der Waals surface area contributed by atoms with Crippen LogP contribution in [0.4, 0.5) is 0 Å². The van der Waals surface area contributed by atoms with Gasteiger partial charge >= 0.3 is 5.97 Å². The third-order valence-electron chi connectivity index (χ3n) is 14.1. The summed E-state index contributed by atoms with van der Waals surface area (Å²) >= 11 is 0. The van der Waals surface area contributed by atoms with Gasteiger partial charge < -0.3 is 20.4 Å². The topological polar surface area (TPSA) is 98.0 Å². The maximum Gasteiger partial charge on any atom is 0.310 e. The maximum absolute atomic E-state index is 13.4. The maximum atomic E-state index is 13.4. The summed E-state index contributed by atoms with van der Waals surface area (Å²) in [6.45, 7) is 11.3. The van der Waals surface area contributed by atoms with Crippen LogP contribution in [-0.4, -0.2) is 45.2 Å². The molecule has 218 valence electrons. The van der Waals surface area contributed by atoms with Gasteiger partial charge in [0, 0.05) is 13.2 Å². The van der Waals surface area contributed by atoms with E-state index in [0.29, 0.717) is 41.4 Å². The molecule has 0 amide bonds. The van der Waals surface area contributed by atoms with Crippen LogP contribution < -0.4 is 0 Å². The second kappa shape index (κ2) is 9.72. The standard InChI is InChI=1S/C33H56O5/c1-21(6-7-23(14-19-35)30(4,5)38)24-11-17-33(28(36)37)25(24)12-16-32-20-31(32)15-10-22(13-18-34)29(2,3)26(31)8-9-27(32)33/h21-27,34-35,38H,6-20H2,1-5H3,(H,36,37). The largest absolute Gasteiger partial charge is 0.481 e. The molecule has 10 atom stereocenters. The minimum absolute atomic E-state index is 0.0705. The summed E-state index contributed by atoms with van der Waals surface area (Å²) in [5, 5.41) is 40.9. The number of carboxylic acids is 1. The molecule has 0 aromatic heterocycles. The minimum Gasteiger partial charge on any atom is -0.481 e. The van der Waals surface area contributed by atoms with Gasteiger partial charge in [-0.1, -0.05) is 27.2 Å². The van der Waals surface area contributed by atoms with Crippen LogP contribution in [0.5, 0.6) is 0 Å². The number of fused-ring (bicyclic) bond motifs is 2. The average Bonchev–Trinajstić information content (AvgIpc) is 3.32. The first kappa shape index (κ1) is 28.9. The van der Waals surface area contributed by atoms with Crippen molar-refractivity contribution in [1.82, 2.24) is 0 Å². The Morgan fingerprint density at radius 3 is 2.18 bits per heavy atom. The fourth-order valence-electron chi connectivity index (χ4n) is 12.2. The lowest BCUT2D eigenvalue weighted by Gasteiger charge is -2.60. The van der Waals surface area contributed by atoms with Gasteiger partial charge in [0.25, 0.3) is 0 Å². The molecule has 4 N–H and O–H groups in total. The van der Waals surface area contributed by atoms with E-state index < -0.39 is 17.0 Å². The van der Waals surface area contributed by atoms with Gasteiger partial charge in [0.2, 0.25) is 0 Å². The van der Waals surface area contributed by atoms with Crippen molar-refractivity contribution in [3.05, 3.63) is 0 Å². The highest BCUT2D eigenvalue weighted by molar-refractivity contribution is 5.77. The minimum atomic E-state index is -0.803. The molecule has 2 spiro atoms. The van der Waals surface area contributed by atoms with Crippen molar-refractivity contribution in [2.24, 2.45) is 63.1 Å². The molecule has 10 unspecified atom stereocenters. The molecule has 5 aliphatic rings. The average molecular weight is 533 g/mol. The second-order valence-corrected chi connectivity index (χ2v) is 15.9. The van der Waals surface area contributed by atoms with Gasteiger partial charge in [0.05, 0.1) is 11.0 Å². The predicted octanol–water partition coefficient (Wildman–Crippen LogP) is 6.28. The number of hydrogen-bond donors (Lipinski definition) is 4. The Hall–Kier alpha value is -0.650. The van der Waals surface area contributed by atoms with E-state index in [1.165, 1.54) is 25.7 Å². The van der Waals surface area contributed by atoms with Gasteiger partial charge in [-0.25, -0.2) is 0 Å². The molecule has 5 rings (SSSR count). The number of aliphatic carboxylic acids is 1. The number of hydrogen-bond acceptors (Lipinski definition) is 4. The molecule has 0 aliphatic heterocycles. The van der Waals surface area contributed by atoms with Gasteiger partial charge in [-0.2, -0.15) is 0 Å². The van der Waals surface area contributed by atoms with Gasteiger partial charge in [-0.05, 0) is 149 Å². The normalized spacial score (nSPS) is 44.8. The zero-order chi connectivity index (χ0) is 27.7. The lowest BCUT2D eigenvalue weighted by molar-refractivity contribution is -0.176. The van der Waals surface area contributed by atoms with Gasteiger partial charge in [0.1, 0.15) is 0 Å². The molecule has 0 aromatic rings. The van der Waals surface area contributed by atoms with Crippen LogP contribution in [0.3, 0.4) is 0 Å². The number of carboxylic acid groups (broad SMARTS) is 1. The van der Waals surface area contributed by atoms with Crippen molar-refractivity contribution in [3.8, 4) is 0 Å². The number of aliphatic hydroxyl groups is 3. The van der Waals surface area contributed by atoms with Crippen LogP contribution in [0.15, 0.2) is 0 Å². The molecule has 38 heavy (non-hydrogen) atoms. The van der Waals surface area contributed by atoms with Crippen molar-refractivity contribution >= 4 is 5.97 Å². The zero-order valence-electron chi connectivity index (χ0n) is 24.8. The van der Waals surface area contributed by atoms with E-state index in [9.17, 15) is 25.2 Å². The number of rotatable bonds is 10. The summed E-state index contributed by atoms with van der Waals surface area (Å²) in [5.41, 5.74) is -0.563. The number of aliphatic hydroxyl groups excluding tert-OH is 2. The Balaban J connectivity index is 1.36. The second-order valence-electron chi connectivity index (χ2n) is 15.9. The first-order valence-electron chi connectivity index (χ1n) is 16.0. The molecule has 5 nitrogen and oxygen atoms in total. The third kappa shape index (κ3) is 3.98. The molecule has 5 saturated carbocycles. The van der Waals surface area contributed by atoms with Gasteiger partial charge in [0.15, 0.2) is 0 Å². The summed E-state index contributed by atoms with van der Waals surface area (Å²) in [4.78, 5) is 13.4. The summed E-state index contributed by atoms with van der Waals surface area (Å²) in [7, 11) is 0. The predicted molar refractivity (Wildman–Crippen MR) is 149 cm³/mol. The van der Waals surface area contributed by atoms with Crippen LogP contribution in [0, 0.1) is 63.1 Å². The molecule has 5 fully saturated rings. The van der Waals surface area contributed by atoms with Gasteiger partial charge in [-0.15, -0.1) is 0 Å². The molecule has 5 heteroatoms. The highest BCUT2D eigenvalue weighted by Crippen LogP contribution is 2.88. The Morgan fingerprint density at radius 2 is 1.55 bits per heavy atom. The van der Waals surface area contributed by atoms with Crippen LogP contribution in [0.1, 0.15) is 118 Å². The quantitative estimate of drug-likeness (QED) is 0.265. The summed E-state index contributed by atoms with van der Waals surface area (Å²) in [5.74, 6) is 2.30. The molecular formula is C33H56O5. The number of carbonyl (C=O) groups is 1. The first-order chi connectivity index (χ1) is 17.8. The summed E-state index contributed by atoms with van der Waals surface area (Å²) < 4.78 is 0. The Morgan fingerprint density at radius 1 is 0.895 bits per heavy atom. The van der Waals surface area contributed by atoms with Crippen molar-refractivity contribution in [3.63, 3.8) is 0 Å².